The minimum Gasteiger partial charge on any atom is -0.325 e. The van der Waals surface area contributed by atoms with Gasteiger partial charge >= 0.3 is 0 Å². The van der Waals surface area contributed by atoms with Gasteiger partial charge in [-0.1, -0.05) is 13.8 Å². The molecule has 0 radical (unpaired) electrons. The van der Waals surface area contributed by atoms with E-state index >= 15 is 0 Å². The van der Waals surface area contributed by atoms with E-state index in [1.54, 1.807) is 0 Å². The van der Waals surface area contributed by atoms with Crippen LogP contribution in [0, 0.1) is 11.8 Å². The Morgan fingerprint density at radius 1 is 1.30 bits per heavy atom. The maximum Gasteiger partial charge on any atom is 0.241 e. The van der Waals surface area contributed by atoms with Crippen LogP contribution in [-0.4, -0.2) is 24.4 Å². The monoisotopic (exact) mass is 315 g/mol. The molecule has 1 atom stereocenters. The van der Waals surface area contributed by atoms with E-state index in [1.165, 1.54) is 0 Å². The molecule has 1 aliphatic carbocycles. The predicted molar refractivity (Wildman–Crippen MR) is 91.3 cm³/mol. The van der Waals surface area contributed by atoms with E-state index in [1.807, 2.05) is 36.9 Å². The fourth-order valence-electron chi connectivity index (χ4n) is 2.98. The van der Waals surface area contributed by atoms with Crippen molar-refractivity contribution in [3.8, 4) is 0 Å². The number of rotatable bonds is 4. The fraction of sp³-hybridized carbons (Fsp3) is 0.556. The lowest BCUT2D eigenvalue weighted by Crippen LogP contribution is -2.40. The van der Waals surface area contributed by atoms with E-state index in [0.717, 1.165) is 49.2 Å². The van der Waals surface area contributed by atoms with Gasteiger partial charge in [0.05, 0.1) is 6.04 Å². The lowest BCUT2D eigenvalue weighted by atomic mass is 10.00. The summed E-state index contributed by atoms with van der Waals surface area (Å²) in [5, 5.41) is 2.88. The van der Waals surface area contributed by atoms with Crippen molar-refractivity contribution in [1.29, 1.82) is 0 Å². The average molecular weight is 315 g/mol. The van der Waals surface area contributed by atoms with E-state index in [2.05, 4.69) is 5.32 Å². The fourth-order valence-corrected chi connectivity index (χ4v) is 2.98. The Morgan fingerprint density at radius 2 is 2.04 bits per heavy atom. The van der Waals surface area contributed by atoms with E-state index in [9.17, 15) is 9.59 Å². The molecule has 2 aliphatic rings. The van der Waals surface area contributed by atoms with Crippen LogP contribution in [-0.2, 0) is 16.0 Å². The molecule has 0 unspecified atom stereocenters. The number of nitrogens with two attached hydrogens (primary N) is 1. The number of carbonyl (C=O) groups is 2. The molecule has 124 valence electrons. The van der Waals surface area contributed by atoms with Crippen LogP contribution < -0.4 is 16.0 Å². The van der Waals surface area contributed by atoms with E-state index in [0.29, 0.717) is 0 Å². The second-order valence-corrected chi connectivity index (χ2v) is 6.97. The predicted octanol–water partition coefficient (Wildman–Crippen LogP) is 2.30. The zero-order valence-corrected chi connectivity index (χ0v) is 13.8. The van der Waals surface area contributed by atoms with Gasteiger partial charge in [0.2, 0.25) is 11.8 Å². The molecule has 2 amide bonds. The highest BCUT2D eigenvalue weighted by Gasteiger charge is 2.35. The highest BCUT2D eigenvalue weighted by molar-refractivity contribution is 5.99. The summed E-state index contributed by atoms with van der Waals surface area (Å²) in [6.45, 7) is 4.66. The van der Waals surface area contributed by atoms with Gasteiger partial charge in [-0.05, 0) is 55.4 Å². The number of hydrogen-bond donors (Lipinski definition) is 2. The zero-order valence-electron chi connectivity index (χ0n) is 13.8. The summed E-state index contributed by atoms with van der Waals surface area (Å²) >= 11 is 0. The Morgan fingerprint density at radius 3 is 2.70 bits per heavy atom. The first-order valence-corrected chi connectivity index (χ1v) is 8.48. The summed E-state index contributed by atoms with van der Waals surface area (Å²) in [7, 11) is 0. The summed E-state index contributed by atoms with van der Waals surface area (Å²) in [5.41, 5.74) is 8.76. The molecule has 1 saturated carbocycles. The summed E-state index contributed by atoms with van der Waals surface area (Å²) < 4.78 is 0. The quantitative estimate of drug-likeness (QED) is 0.895. The average Bonchev–Trinajstić information content (AvgIpc) is 3.37. The van der Waals surface area contributed by atoms with Crippen LogP contribution in [0.1, 0.15) is 38.7 Å². The summed E-state index contributed by atoms with van der Waals surface area (Å²) in [4.78, 5) is 26.4. The molecule has 0 spiro atoms. The molecular weight excluding hydrogens is 290 g/mol. The molecule has 23 heavy (non-hydrogen) atoms. The van der Waals surface area contributed by atoms with Crippen LogP contribution in [0.5, 0.6) is 0 Å². The smallest absolute Gasteiger partial charge is 0.241 e. The van der Waals surface area contributed by atoms with E-state index in [4.69, 9.17) is 5.73 Å². The number of hydrogen-bond acceptors (Lipinski definition) is 3. The van der Waals surface area contributed by atoms with Gasteiger partial charge < -0.3 is 16.0 Å². The molecule has 1 aromatic rings. The Bertz CT molecular complexity index is 623. The largest absolute Gasteiger partial charge is 0.325 e. The summed E-state index contributed by atoms with van der Waals surface area (Å²) in [5.74, 6) is 0.412. The van der Waals surface area contributed by atoms with Gasteiger partial charge in [-0.3, -0.25) is 9.59 Å². The Labute approximate surface area is 137 Å². The first kappa shape index (κ1) is 16.0. The van der Waals surface area contributed by atoms with Gasteiger partial charge in [-0.2, -0.15) is 0 Å². The van der Waals surface area contributed by atoms with Crippen LogP contribution in [0.4, 0.5) is 11.4 Å². The number of anilines is 2. The molecule has 1 fully saturated rings. The van der Waals surface area contributed by atoms with Crippen molar-refractivity contribution in [3.63, 3.8) is 0 Å². The summed E-state index contributed by atoms with van der Waals surface area (Å²) in [6, 6.07) is 5.28. The third-order valence-electron chi connectivity index (χ3n) is 4.68. The zero-order chi connectivity index (χ0) is 16.6. The van der Waals surface area contributed by atoms with Crippen LogP contribution >= 0.6 is 0 Å². The number of nitrogens with zero attached hydrogens (tertiary/aromatic N) is 1. The number of aryl methyl sites for hydroxylation is 1. The number of nitrogens with one attached hydrogen (secondary N) is 1. The maximum atomic E-state index is 12.4. The van der Waals surface area contributed by atoms with Crippen LogP contribution in [0.3, 0.4) is 0 Å². The van der Waals surface area contributed by atoms with Crippen molar-refractivity contribution >= 4 is 23.2 Å². The third-order valence-corrected chi connectivity index (χ3v) is 4.68. The van der Waals surface area contributed by atoms with Crippen molar-refractivity contribution in [3.05, 3.63) is 23.8 Å². The molecule has 1 aromatic carbocycles. The normalized spacial score (nSPS) is 18.5. The number of carbonyl (C=O) groups excluding carboxylic acids is 2. The molecule has 3 N–H and O–H groups in total. The van der Waals surface area contributed by atoms with E-state index in [-0.39, 0.29) is 23.7 Å². The molecule has 0 bridgehead atoms. The van der Waals surface area contributed by atoms with Crippen LogP contribution in [0.15, 0.2) is 18.2 Å². The van der Waals surface area contributed by atoms with Gasteiger partial charge in [0.1, 0.15) is 0 Å². The first-order valence-electron chi connectivity index (χ1n) is 8.48. The molecule has 5 nitrogen and oxygen atoms in total. The molecule has 0 aromatic heterocycles. The van der Waals surface area contributed by atoms with Crippen molar-refractivity contribution in [2.75, 3.05) is 16.8 Å². The SMILES string of the molecule is CC(C)[C@H](N)C(=O)Nc1ccc2c(c1)CCCN2C(=O)C1CC1. The second kappa shape index (κ2) is 6.32. The Kier molecular flexibility index (Phi) is 4.39. The first-order chi connectivity index (χ1) is 11.0. The van der Waals surface area contributed by atoms with Gasteiger partial charge in [0.25, 0.3) is 0 Å². The minimum atomic E-state index is -0.515. The van der Waals surface area contributed by atoms with Crippen molar-refractivity contribution in [2.45, 2.75) is 45.6 Å². The number of benzene rings is 1. The molecule has 1 heterocycles. The summed E-state index contributed by atoms with van der Waals surface area (Å²) in [6.07, 6.45) is 3.94. The van der Waals surface area contributed by atoms with Crippen molar-refractivity contribution in [2.24, 2.45) is 17.6 Å². The molecule has 3 rings (SSSR count). The number of amides is 2. The molecule has 0 saturated heterocycles. The Balaban J connectivity index is 1.76. The number of fused-ring (bicyclic) bond motifs is 1. The second-order valence-electron chi connectivity index (χ2n) is 6.97. The minimum absolute atomic E-state index is 0.0966. The molecule has 1 aliphatic heterocycles. The van der Waals surface area contributed by atoms with Gasteiger partial charge in [-0.15, -0.1) is 0 Å². The topological polar surface area (TPSA) is 75.4 Å². The maximum absolute atomic E-state index is 12.4. The Hall–Kier alpha value is -1.88. The third kappa shape index (κ3) is 3.39. The van der Waals surface area contributed by atoms with Crippen LogP contribution in [0.2, 0.25) is 0 Å². The highest BCUT2D eigenvalue weighted by Crippen LogP contribution is 2.36. The molecular formula is C18H25N3O2. The lowest BCUT2D eigenvalue weighted by molar-refractivity contribution is -0.120. The van der Waals surface area contributed by atoms with Crippen molar-refractivity contribution in [1.82, 2.24) is 0 Å². The van der Waals surface area contributed by atoms with Gasteiger partial charge in [0, 0.05) is 23.8 Å². The van der Waals surface area contributed by atoms with Crippen molar-refractivity contribution < 1.29 is 9.59 Å². The van der Waals surface area contributed by atoms with Crippen LogP contribution in [0.25, 0.3) is 0 Å². The van der Waals surface area contributed by atoms with Gasteiger partial charge in [0.15, 0.2) is 0 Å². The lowest BCUT2D eigenvalue weighted by Gasteiger charge is -2.30. The standard InChI is InChI=1S/C18H25N3O2/c1-11(2)16(19)17(22)20-14-7-8-15-13(10-14)4-3-9-21(15)18(23)12-5-6-12/h7-8,10-12,16H,3-6,9,19H2,1-2H3,(H,20,22)/t16-/m0/s1. The van der Waals surface area contributed by atoms with Gasteiger partial charge in [-0.25, -0.2) is 0 Å². The van der Waals surface area contributed by atoms with E-state index < -0.39 is 6.04 Å². The molecule has 5 heteroatoms. The highest BCUT2D eigenvalue weighted by atomic mass is 16.2.